The molecular weight excluding hydrogens is 635 g/mol. The molecular formula is C34H32Cl2N2O6S. The van der Waals surface area contributed by atoms with E-state index in [4.69, 9.17) is 47.1 Å². The molecule has 0 amide bonds. The molecule has 0 radical (unpaired) electrons. The van der Waals surface area contributed by atoms with E-state index in [9.17, 15) is 9.59 Å². The highest BCUT2D eigenvalue weighted by molar-refractivity contribution is 7.07. The van der Waals surface area contributed by atoms with E-state index in [1.807, 2.05) is 37.3 Å². The fourth-order valence-corrected chi connectivity index (χ4v) is 6.56. The largest absolute Gasteiger partial charge is 0.497 e. The molecule has 1 aliphatic rings. The van der Waals surface area contributed by atoms with Gasteiger partial charge in [-0.1, -0.05) is 66.1 Å². The van der Waals surface area contributed by atoms with Crippen LogP contribution in [0.2, 0.25) is 10.0 Å². The Morgan fingerprint density at radius 1 is 1.00 bits per heavy atom. The van der Waals surface area contributed by atoms with Crippen LogP contribution in [-0.2, 0) is 16.1 Å². The molecule has 0 spiro atoms. The Morgan fingerprint density at radius 3 is 2.42 bits per heavy atom. The maximum atomic E-state index is 14.1. The fraction of sp³-hybridized carbons (Fsp3) is 0.265. The Kier molecular flexibility index (Phi) is 10.3. The zero-order chi connectivity index (χ0) is 32.1. The van der Waals surface area contributed by atoms with E-state index in [-0.39, 0.29) is 18.8 Å². The van der Waals surface area contributed by atoms with Gasteiger partial charge in [0.25, 0.3) is 5.56 Å². The van der Waals surface area contributed by atoms with Gasteiger partial charge in [-0.15, -0.1) is 0 Å². The summed E-state index contributed by atoms with van der Waals surface area (Å²) in [5.74, 6) is 1.19. The van der Waals surface area contributed by atoms with Crippen molar-refractivity contribution in [3.8, 4) is 17.2 Å². The third-order valence-electron chi connectivity index (χ3n) is 7.21. The number of allylic oxidation sites excluding steroid dienone is 1. The molecule has 0 unspecified atom stereocenters. The van der Waals surface area contributed by atoms with Crippen LogP contribution in [0.3, 0.4) is 0 Å². The number of hydrogen-bond donors (Lipinski definition) is 0. The van der Waals surface area contributed by atoms with Gasteiger partial charge in [0.1, 0.15) is 29.9 Å². The van der Waals surface area contributed by atoms with E-state index >= 15 is 0 Å². The van der Waals surface area contributed by atoms with Crippen LogP contribution in [-0.4, -0.2) is 31.4 Å². The zero-order valence-electron chi connectivity index (χ0n) is 25.3. The monoisotopic (exact) mass is 666 g/mol. The van der Waals surface area contributed by atoms with Gasteiger partial charge in [0.2, 0.25) is 0 Å². The summed E-state index contributed by atoms with van der Waals surface area (Å²) in [6, 6.07) is 17.1. The minimum atomic E-state index is -0.829. The number of thiazole rings is 1. The standard InChI is InChI=1S/C34H32Cl2N2O6S/c1-5-7-27-30(33(40)43-6-2)31(25-18-24(41-3)14-15-28(25)42-4)38-32(39)29(45-34(38)37-27)16-20-8-12-23(13-9-20)44-19-21-10-11-22(35)17-26(21)36/h8-18,31H,5-7,19H2,1-4H3/b29-16-/t31-/m0/s1. The van der Waals surface area contributed by atoms with Gasteiger partial charge in [-0.05, 0) is 67.4 Å². The van der Waals surface area contributed by atoms with Gasteiger partial charge in [-0.25, -0.2) is 9.79 Å². The van der Waals surface area contributed by atoms with Crippen molar-refractivity contribution in [1.29, 1.82) is 0 Å². The Balaban J connectivity index is 1.57. The summed E-state index contributed by atoms with van der Waals surface area (Å²) >= 11 is 13.5. The molecule has 2 heterocycles. The third-order valence-corrected chi connectivity index (χ3v) is 8.78. The van der Waals surface area contributed by atoms with Crippen molar-refractivity contribution in [3.05, 3.63) is 118 Å². The second-order valence-corrected chi connectivity index (χ2v) is 12.0. The number of esters is 1. The first-order valence-electron chi connectivity index (χ1n) is 14.4. The molecule has 1 aromatic heterocycles. The molecule has 234 valence electrons. The number of nitrogens with zero attached hydrogens (tertiary/aromatic N) is 2. The number of halogens is 2. The van der Waals surface area contributed by atoms with Gasteiger partial charge in [0.05, 0.1) is 36.6 Å². The molecule has 8 nitrogen and oxygen atoms in total. The quantitative estimate of drug-likeness (QED) is 0.170. The number of ether oxygens (including phenoxy) is 4. The highest BCUT2D eigenvalue weighted by atomic mass is 35.5. The van der Waals surface area contributed by atoms with Crippen LogP contribution in [0, 0.1) is 0 Å². The number of benzene rings is 3. The summed E-state index contributed by atoms with van der Waals surface area (Å²) < 4.78 is 24.6. The van der Waals surface area contributed by atoms with Crippen LogP contribution in [0.25, 0.3) is 6.08 Å². The van der Waals surface area contributed by atoms with E-state index in [1.165, 1.54) is 11.3 Å². The molecule has 0 bridgehead atoms. The molecule has 0 fully saturated rings. The summed E-state index contributed by atoms with van der Waals surface area (Å²) in [5.41, 5.74) is 2.82. The average molecular weight is 668 g/mol. The summed E-state index contributed by atoms with van der Waals surface area (Å²) in [6.07, 6.45) is 3.08. The highest BCUT2D eigenvalue weighted by Gasteiger charge is 2.36. The molecule has 0 saturated carbocycles. The molecule has 11 heteroatoms. The van der Waals surface area contributed by atoms with Crippen molar-refractivity contribution in [3.63, 3.8) is 0 Å². The number of hydrogen-bond acceptors (Lipinski definition) is 8. The Morgan fingerprint density at radius 2 is 1.76 bits per heavy atom. The lowest BCUT2D eigenvalue weighted by molar-refractivity contribution is -0.139. The Hall–Kier alpha value is -4.05. The van der Waals surface area contributed by atoms with Crippen molar-refractivity contribution < 1.29 is 23.7 Å². The third kappa shape index (κ3) is 6.96. The topological polar surface area (TPSA) is 88.4 Å². The number of methoxy groups -OCH3 is 2. The van der Waals surface area contributed by atoms with Gasteiger partial charge < -0.3 is 18.9 Å². The number of carbonyl (C=O) groups is 1. The van der Waals surface area contributed by atoms with E-state index in [1.54, 1.807) is 62.1 Å². The maximum absolute atomic E-state index is 14.1. The van der Waals surface area contributed by atoms with Crippen LogP contribution in [0.4, 0.5) is 0 Å². The lowest BCUT2D eigenvalue weighted by Gasteiger charge is -2.27. The molecule has 45 heavy (non-hydrogen) atoms. The Bertz CT molecular complexity index is 1930. The SMILES string of the molecule is CCCC1=C(C(=O)OCC)[C@H](c2cc(OC)ccc2OC)n2c(s/c(=C\c3ccc(OCc4ccc(Cl)cc4Cl)cc3)c2=O)=N1. The molecule has 0 aliphatic carbocycles. The van der Waals surface area contributed by atoms with Crippen molar-refractivity contribution in [2.75, 3.05) is 20.8 Å². The minimum Gasteiger partial charge on any atom is -0.497 e. The molecule has 0 saturated heterocycles. The molecule has 5 rings (SSSR count). The van der Waals surface area contributed by atoms with E-state index in [0.717, 1.165) is 17.5 Å². The summed E-state index contributed by atoms with van der Waals surface area (Å²) in [5, 5.41) is 1.10. The van der Waals surface area contributed by atoms with Gasteiger partial charge in [0, 0.05) is 21.2 Å². The van der Waals surface area contributed by atoms with Gasteiger partial charge in [-0.2, -0.15) is 0 Å². The first-order valence-corrected chi connectivity index (χ1v) is 16.0. The summed E-state index contributed by atoms with van der Waals surface area (Å²) in [4.78, 5) is 32.9. The minimum absolute atomic E-state index is 0.181. The van der Waals surface area contributed by atoms with E-state index < -0.39 is 12.0 Å². The fourth-order valence-electron chi connectivity index (χ4n) is 5.08. The van der Waals surface area contributed by atoms with Crippen LogP contribution in [0.5, 0.6) is 17.2 Å². The van der Waals surface area contributed by atoms with Crippen molar-refractivity contribution in [1.82, 2.24) is 4.57 Å². The van der Waals surface area contributed by atoms with Gasteiger partial charge in [0.15, 0.2) is 4.80 Å². The first-order chi connectivity index (χ1) is 21.8. The Labute approximate surface area is 274 Å². The molecule has 1 aliphatic heterocycles. The predicted molar refractivity (Wildman–Crippen MR) is 176 cm³/mol. The second-order valence-electron chi connectivity index (χ2n) is 10.1. The number of aromatic nitrogens is 1. The van der Waals surface area contributed by atoms with Crippen LogP contribution >= 0.6 is 34.5 Å². The van der Waals surface area contributed by atoms with Gasteiger partial charge >= 0.3 is 5.97 Å². The molecule has 0 N–H and O–H groups in total. The van der Waals surface area contributed by atoms with Crippen LogP contribution in [0.15, 0.2) is 81.7 Å². The lowest BCUT2D eigenvalue weighted by atomic mass is 9.93. The molecule has 3 aromatic carbocycles. The normalized spacial score (nSPS) is 14.5. The van der Waals surface area contributed by atoms with Crippen LogP contribution in [0.1, 0.15) is 49.4 Å². The zero-order valence-corrected chi connectivity index (χ0v) is 27.6. The predicted octanol–water partition coefficient (Wildman–Crippen LogP) is 6.48. The number of fused-ring (bicyclic) bond motifs is 1. The van der Waals surface area contributed by atoms with Crippen molar-refractivity contribution in [2.45, 2.75) is 39.3 Å². The summed E-state index contributed by atoms with van der Waals surface area (Å²) in [7, 11) is 3.11. The average Bonchev–Trinajstić information content (AvgIpc) is 3.34. The lowest BCUT2D eigenvalue weighted by Crippen LogP contribution is -2.40. The van der Waals surface area contributed by atoms with Crippen molar-refractivity contribution in [2.24, 2.45) is 4.99 Å². The molecule has 4 aromatic rings. The van der Waals surface area contributed by atoms with Crippen molar-refractivity contribution >= 4 is 46.6 Å². The van der Waals surface area contributed by atoms with E-state index in [0.29, 0.717) is 59.9 Å². The summed E-state index contributed by atoms with van der Waals surface area (Å²) in [6.45, 7) is 4.22. The smallest absolute Gasteiger partial charge is 0.338 e. The van der Waals surface area contributed by atoms with Crippen LogP contribution < -0.4 is 29.1 Å². The number of carbonyl (C=O) groups excluding carboxylic acids is 1. The first kappa shape index (κ1) is 32.3. The molecule has 1 atom stereocenters. The maximum Gasteiger partial charge on any atom is 0.338 e. The van der Waals surface area contributed by atoms with Gasteiger partial charge in [-0.3, -0.25) is 9.36 Å². The van der Waals surface area contributed by atoms with E-state index in [2.05, 4.69) is 0 Å². The number of rotatable bonds is 11. The highest BCUT2D eigenvalue weighted by Crippen LogP contribution is 2.38. The second kappa shape index (κ2) is 14.4.